The van der Waals surface area contributed by atoms with Gasteiger partial charge in [-0.1, -0.05) is 258 Å². The topological polar surface area (TPSA) is 6.48 Å². The summed E-state index contributed by atoms with van der Waals surface area (Å²) in [5.41, 5.74) is 0. The minimum atomic E-state index is 0.636. The van der Waals surface area contributed by atoms with E-state index < -0.39 is 0 Å². The lowest BCUT2D eigenvalue weighted by molar-refractivity contribution is 0.135. The van der Waals surface area contributed by atoms with E-state index in [1.807, 2.05) is 0 Å². The summed E-state index contributed by atoms with van der Waals surface area (Å²) in [5.74, 6) is 0. The molecule has 1 aliphatic rings. The van der Waals surface area contributed by atoms with Crippen LogP contribution in [0.25, 0.3) is 0 Å². The standard InChI is InChI=1S/C49H98N2/c1-4-7-10-13-16-19-22-25-26-28-31-34-37-40-43-46-51-48-47-50(45-42-39-36-33-30-24-21-18-15-12-9-6-3)49(51)44-41-38-35-32-29-27-23-20-17-14-11-8-5-2/h47-49H,4-46H2,1-3H3. The Morgan fingerprint density at radius 3 is 0.686 bits per heavy atom. The maximum atomic E-state index is 2.74. The molecule has 0 spiro atoms. The van der Waals surface area contributed by atoms with Crippen LogP contribution < -0.4 is 0 Å². The minimum absolute atomic E-state index is 0.636. The van der Waals surface area contributed by atoms with Crippen molar-refractivity contribution in [3.63, 3.8) is 0 Å². The van der Waals surface area contributed by atoms with Crippen LogP contribution in [-0.2, 0) is 0 Å². The average molecular weight is 715 g/mol. The van der Waals surface area contributed by atoms with Crippen LogP contribution >= 0.6 is 0 Å². The van der Waals surface area contributed by atoms with Crippen molar-refractivity contribution in [3.8, 4) is 0 Å². The Morgan fingerprint density at radius 2 is 0.451 bits per heavy atom. The number of hydrogen-bond acceptors (Lipinski definition) is 2. The number of nitrogens with zero attached hydrogens (tertiary/aromatic N) is 2. The van der Waals surface area contributed by atoms with Crippen LogP contribution in [0.1, 0.15) is 284 Å². The SMILES string of the molecule is CCCCCCCCCCCCCCCCCN1C=CN(CCCCCCCCCCCCCC)C1CCCCCCCCCCCCCCC. The van der Waals surface area contributed by atoms with E-state index in [9.17, 15) is 0 Å². The Kier molecular flexibility index (Phi) is 38.4. The second kappa shape index (κ2) is 40.5. The van der Waals surface area contributed by atoms with Crippen molar-refractivity contribution in [1.82, 2.24) is 9.80 Å². The van der Waals surface area contributed by atoms with E-state index in [-0.39, 0.29) is 0 Å². The van der Waals surface area contributed by atoms with E-state index in [4.69, 9.17) is 0 Å². The van der Waals surface area contributed by atoms with Crippen molar-refractivity contribution in [2.45, 2.75) is 290 Å². The molecule has 0 aliphatic carbocycles. The maximum Gasteiger partial charge on any atom is 0.101 e. The molecule has 0 saturated carbocycles. The molecule has 0 radical (unpaired) electrons. The van der Waals surface area contributed by atoms with E-state index in [2.05, 4.69) is 43.0 Å². The summed E-state index contributed by atoms with van der Waals surface area (Å²) in [7, 11) is 0. The molecule has 0 saturated heterocycles. The van der Waals surface area contributed by atoms with Crippen LogP contribution in [0.2, 0.25) is 0 Å². The molecule has 1 atom stereocenters. The van der Waals surface area contributed by atoms with Crippen molar-refractivity contribution < 1.29 is 0 Å². The zero-order valence-corrected chi connectivity index (χ0v) is 36.0. The van der Waals surface area contributed by atoms with E-state index in [1.54, 1.807) is 0 Å². The van der Waals surface area contributed by atoms with Crippen molar-refractivity contribution in [3.05, 3.63) is 12.4 Å². The second-order valence-electron chi connectivity index (χ2n) is 17.1. The molecular weight excluding hydrogens is 617 g/mol. The fourth-order valence-corrected chi connectivity index (χ4v) is 8.48. The smallest absolute Gasteiger partial charge is 0.101 e. The Labute approximate surface area is 324 Å². The Hall–Kier alpha value is -0.660. The lowest BCUT2D eigenvalue weighted by atomic mass is 10.0. The van der Waals surface area contributed by atoms with Crippen LogP contribution in [0.3, 0.4) is 0 Å². The predicted molar refractivity (Wildman–Crippen MR) is 233 cm³/mol. The number of unbranched alkanes of at least 4 members (excludes halogenated alkanes) is 37. The average Bonchev–Trinajstić information content (AvgIpc) is 3.53. The van der Waals surface area contributed by atoms with Gasteiger partial charge in [-0.05, 0) is 25.7 Å². The van der Waals surface area contributed by atoms with Gasteiger partial charge in [-0.2, -0.15) is 0 Å². The lowest BCUT2D eigenvalue weighted by Crippen LogP contribution is -2.39. The van der Waals surface area contributed by atoms with Gasteiger partial charge in [0.25, 0.3) is 0 Å². The highest BCUT2D eigenvalue weighted by molar-refractivity contribution is 4.97. The zero-order chi connectivity index (χ0) is 36.6. The fourth-order valence-electron chi connectivity index (χ4n) is 8.48. The minimum Gasteiger partial charge on any atom is -0.356 e. The highest BCUT2D eigenvalue weighted by atomic mass is 15.4. The Bertz CT molecular complexity index is 673. The van der Waals surface area contributed by atoms with Crippen molar-refractivity contribution >= 4 is 0 Å². The summed E-state index contributed by atoms with van der Waals surface area (Å²) in [6, 6.07) is 0. The van der Waals surface area contributed by atoms with E-state index in [0.29, 0.717) is 6.17 Å². The van der Waals surface area contributed by atoms with E-state index in [1.165, 1.54) is 276 Å². The molecule has 0 aromatic rings. The molecular formula is C49H98N2. The van der Waals surface area contributed by atoms with Gasteiger partial charge in [0.15, 0.2) is 0 Å². The van der Waals surface area contributed by atoms with Gasteiger partial charge in [0.2, 0.25) is 0 Å². The van der Waals surface area contributed by atoms with Crippen LogP contribution in [0.4, 0.5) is 0 Å². The molecule has 1 unspecified atom stereocenters. The molecule has 0 fully saturated rings. The first-order chi connectivity index (χ1) is 25.3. The summed E-state index contributed by atoms with van der Waals surface area (Å²) >= 11 is 0. The first-order valence-electron chi connectivity index (χ1n) is 24.5. The third-order valence-corrected chi connectivity index (χ3v) is 12.1. The van der Waals surface area contributed by atoms with Gasteiger partial charge in [-0.15, -0.1) is 0 Å². The van der Waals surface area contributed by atoms with Gasteiger partial charge >= 0.3 is 0 Å². The third kappa shape index (κ3) is 32.5. The first kappa shape index (κ1) is 48.4. The normalized spacial score (nSPS) is 14.5. The summed E-state index contributed by atoms with van der Waals surface area (Å²) in [6.07, 6.45) is 64.9. The van der Waals surface area contributed by atoms with Gasteiger partial charge in [0, 0.05) is 25.5 Å². The molecule has 1 rings (SSSR count). The molecule has 0 bridgehead atoms. The lowest BCUT2D eigenvalue weighted by Gasteiger charge is -2.33. The predicted octanol–water partition coefficient (Wildman–Crippen LogP) is 17.5. The molecule has 51 heavy (non-hydrogen) atoms. The highest BCUT2D eigenvalue weighted by Crippen LogP contribution is 2.24. The molecule has 0 N–H and O–H groups in total. The quantitative estimate of drug-likeness (QED) is 0.0580. The van der Waals surface area contributed by atoms with Gasteiger partial charge in [0.05, 0.1) is 0 Å². The molecule has 0 aromatic carbocycles. The van der Waals surface area contributed by atoms with Crippen LogP contribution in [-0.4, -0.2) is 29.1 Å². The second-order valence-corrected chi connectivity index (χ2v) is 17.1. The maximum absolute atomic E-state index is 2.74. The highest BCUT2D eigenvalue weighted by Gasteiger charge is 2.24. The molecule has 1 aliphatic heterocycles. The Balaban J connectivity index is 2.20. The summed E-state index contributed by atoms with van der Waals surface area (Å²) in [4.78, 5) is 5.48. The summed E-state index contributed by atoms with van der Waals surface area (Å²) in [6.45, 7) is 9.49. The molecule has 1 heterocycles. The molecule has 304 valence electrons. The third-order valence-electron chi connectivity index (χ3n) is 12.1. The fraction of sp³-hybridized carbons (Fsp3) is 0.959. The van der Waals surface area contributed by atoms with Crippen molar-refractivity contribution in [2.75, 3.05) is 13.1 Å². The number of rotatable bonds is 43. The van der Waals surface area contributed by atoms with Gasteiger partial charge in [0.1, 0.15) is 6.17 Å². The van der Waals surface area contributed by atoms with E-state index in [0.717, 1.165) is 0 Å². The van der Waals surface area contributed by atoms with Gasteiger partial charge in [-0.3, -0.25) is 0 Å². The van der Waals surface area contributed by atoms with Crippen molar-refractivity contribution in [1.29, 1.82) is 0 Å². The molecule has 2 heteroatoms. The van der Waals surface area contributed by atoms with Crippen LogP contribution in [0, 0.1) is 0 Å². The van der Waals surface area contributed by atoms with Crippen LogP contribution in [0.15, 0.2) is 12.4 Å². The largest absolute Gasteiger partial charge is 0.356 e. The summed E-state index contributed by atoms with van der Waals surface area (Å²) < 4.78 is 0. The zero-order valence-electron chi connectivity index (χ0n) is 36.0. The Morgan fingerprint density at radius 1 is 0.255 bits per heavy atom. The number of hydrogen-bond donors (Lipinski definition) is 0. The van der Waals surface area contributed by atoms with Gasteiger partial charge in [-0.25, -0.2) is 0 Å². The summed E-state index contributed by atoms with van der Waals surface area (Å²) in [5, 5.41) is 0. The molecule has 2 nitrogen and oxygen atoms in total. The molecule has 0 aromatic heterocycles. The van der Waals surface area contributed by atoms with Gasteiger partial charge < -0.3 is 9.80 Å². The first-order valence-corrected chi connectivity index (χ1v) is 24.5. The van der Waals surface area contributed by atoms with Crippen molar-refractivity contribution in [2.24, 2.45) is 0 Å². The van der Waals surface area contributed by atoms with Crippen LogP contribution in [0.5, 0.6) is 0 Å². The van der Waals surface area contributed by atoms with E-state index >= 15 is 0 Å². The molecule has 0 amide bonds. The monoisotopic (exact) mass is 715 g/mol.